The minimum Gasteiger partial charge on any atom is -0.391 e. The van der Waals surface area contributed by atoms with Gasteiger partial charge >= 0.3 is 0 Å². The average molecular weight is 143 g/mol. The number of rotatable bonds is 1. The van der Waals surface area contributed by atoms with Crippen molar-refractivity contribution in [3.63, 3.8) is 0 Å². The van der Waals surface area contributed by atoms with Crippen LogP contribution in [-0.4, -0.2) is 23.3 Å². The Kier molecular flexibility index (Phi) is 2.32. The molecule has 0 bridgehead atoms. The van der Waals surface area contributed by atoms with E-state index in [2.05, 4.69) is 19.2 Å². The van der Waals surface area contributed by atoms with Crippen LogP contribution < -0.4 is 5.32 Å². The van der Waals surface area contributed by atoms with Crippen LogP contribution in [0.15, 0.2) is 0 Å². The topological polar surface area (TPSA) is 32.3 Å². The van der Waals surface area contributed by atoms with Crippen LogP contribution in [0.5, 0.6) is 0 Å². The van der Waals surface area contributed by atoms with Crippen LogP contribution in [0, 0.1) is 5.92 Å². The van der Waals surface area contributed by atoms with Gasteiger partial charge in [0.1, 0.15) is 0 Å². The molecular weight excluding hydrogens is 126 g/mol. The van der Waals surface area contributed by atoms with Gasteiger partial charge in [0.05, 0.1) is 6.10 Å². The number of hydrogen-bond donors (Lipinski definition) is 2. The molecule has 1 aliphatic rings. The summed E-state index contributed by atoms with van der Waals surface area (Å²) in [5.41, 5.74) is 0. The Morgan fingerprint density at radius 2 is 2.10 bits per heavy atom. The van der Waals surface area contributed by atoms with Crippen LogP contribution in [0.25, 0.3) is 0 Å². The fourth-order valence-corrected chi connectivity index (χ4v) is 1.45. The van der Waals surface area contributed by atoms with Gasteiger partial charge in [0, 0.05) is 12.1 Å². The zero-order valence-electron chi connectivity index (χ0n) is 6.96. The first-order valence-electron chi connectivity index (χ1n) is 4.05. The molecule has 2 heteroatoms. The van der Waals surface area contributed by atoms with Gasteiger partial charge in [-0.15, -0.1) is 0 Å². The van der Waals surface area contributed by atoms with Crippen LogP contribution in [0.2, 0.25) is 0 Å². The second-order valence-corrected chi connectivity index (χ2v) is 3.61. The molecule has 2 nitrogen and oxygen atoms in total. The molecule has 0 aromatic rings. The fraction of sp³-hybridized carbons (Fsp3) is 1.00. The Hall–Kier alpha value is -0.0800. The number of nitrogens with one attached hydrogen (secondary N) is 1. The molecule has 1 rings (SSSR count). The van der Waals surface area contributed by atoms with E-state index >= 15 is 0 Å². The number of aliphatic hydroxyl groups is 1. The van der Waals surface area contributed by atoms with E-state index in [9.17, 15) is 5.11 Å². The largest absolute Gasteiger partial charge is 0.391 e. The van der Waals surface area contributed by atoms with Gasteiger partial charge in [0.25, 0.3) is 0 Å². The predicted octanol–water partition coefficient (Wildman–Crippen LogP) is 0.754. The highest BCUT2D eigenvalue weighted by Crippen LogP contribution is 2.18. The normalized spacial score (nSPS) is 41.1. The first-order valence-corrected chi connectivity index (χ1v) is 4.05. The summed E-state index contributed by atoms with van der Waals surface area (Å²) in [7, 11) is 0. The summed E-state index contributed by atoms with van der Waals surface area (Å²) in [6.07, 6.45) is 0.783. The Morgan fingerprint density at radius 3 is 2.30 bits per heavy atom. The Labute approximate surface area is 62.6 Å². The summed E-state index contributed by atoms with van der Waals surface area (Å²) in [5.74, 6) is 0.639. The fourth-order valence-electron chi connectivity index (χ4n) is 1.45. The van der Waals surface area contributed by atoms with Crippen LogP contribution in [-0.2, 0) is 0 Å². The van der Waals surface area contributed by atoms with Crippen molar-refractivity contribution >= 4 is 0 Å². The van der Waals surface area contributed by atoms with Crippen molar-refractivity contribution in [1.82, 2.24) is 5.32 Å². The van der Waals surface area contributed by atoms with Gasteiger partial charge in [-0.05, 0) is 19.3 Å². The lowest BCUT2D eigenvalue weighted by molar-refractivity contribution is 0.163. The van der Waals surface area contributed by atoms with Gasteiger partial charge in [0.15, 0.2) is 0 Å². The maximum absolute atomic E-state index is 9.35. The highest BCUT2D eigenvalue weighted by Gasteiger charge is 2.30. The standard InChI is InChI=1S/C8H17NO/c1-5(2)7-4-8(10)6(3)9-7/h5-10H,4H2,1-3H3/t6-,7-,8+/m1/s1. The molecule has 0 aromatic heterocycles. The molecule has 1 saturated heterocycles. The van der Waals surface area contributed by atoms with Crippen molar-refractivity contribution < 1.29 is 5.11 Å². The van der Waals surface area contributed by atoms with E-state index in [0.717, 1.165) is 6.42 Å². The first kappa shape index (κ1) is 8.02. The number of hydrogen-bond acceptors (Lipinski definition) is 2. The Balaban J connectivity index is 2.41. The predicted molar refractivity (Wildman–Crippen MR) is 41.8 cm³/mol. The van der Waals surface area contributed by atoms with Crippen molar-refractivity contribution in [2.45, 2.75) is 45.4 Å². The van der Waals surface area contributed by atoms with Crippen LogP contribution >= 0.6 is 0 Å². The molecule has 0 unspecified atom stereocenters. The highest BCUT2D eigenvalue weighted by molar-refractivity contribution is 4.89. The third kappa shape index (κ3) is 1.50. The van der Waals surface area contributed by atoms with E-state index in [1.165, 1.54) is 0 Å². The van der Waals surface area contributed by atoms with Gasteiger partial charge in [-0.25, -0.2) is 0 Å². The molecule has 0 aliphatic carbocycles. The van der Waals surface area contributed by atoms with E-state index < -0.39 is 0 Å². The lowest BCUT2D eigenvalue weighted by Crippen LogP contribution is -2.32. The van der Waals surface area contributed by atoms with E-state index in [1.54, 1.807) is 0 Å². The lowest BCUT2D eigenvalue weighted by atomic mass is 10.0. The highest BCUT2D eigenvalue weighted by atomic mass is 16.3. The molecule has 0 amide bonds. The molecule has 60 valence electrons. The molecule has 3 atom stereocenters. The molecule has 2 N–H and O–H groups in total. The summed E-state index contributed by atoms with van der Waals surface area (Å²) in [6.45, 7) is 6.40. The minimum absolute atomic E-state index is 0.132. The maximum atomic E-state index is 9.35. The van der Waals surface area contributed by atoms with Crippen molar-refractivity contribution in [2.24, 2.45) is 5.92 Å². The van der Waals surface area contributed by atoms with Crippen molar-refractivity contribution in [3.8, 4) is 0 Å². The van der Waals surface area contributed by atoms with Crippen LogP contribution in [0.4, 0.5) is 0 Å². The maximum Gasteiger partial charge on any atom is 0.0705 e. The quantitative estimate of drug-likeness (QED) is 0.568. The zero-order valence-corrected chi connectivity index (χ0v) is 6.96. The van der Waals surface area contributed by atoms with Gasteiger partial charge in [-0.2, -0.15) is 0 Å². The van der Waals surface area contributed by atoms with Gasteiger partial charge < -0.3 is 10.4 Å². The SMILES string of the molecule is CC(C)[C@H]1C[C@H](O)[C@@H](C)N1. The van der Waals surface area contributed by atoms with E-state index in [1.807, 2.05) is 6.92 Å². The van der Waals surface area contributed by atoms with Gasteiger partial charge in [-0.3, -0.25) is 0 Å². The van der Waals surface area contributed by atoms with Crippen molar-refractivity contribution in [1.29, 1.82) is 0 Å². The second kappa shape index (κ2) is 2.89. The minimum atomic E-state index is -0.132. The molecular formula is C8H17NO. The van der Waals surface area contributed by atoms with Crippen LogP contribution in [0.3, 0.4) is 0 Å². The third-order valence-corrected chi connectivity index (χ3v) is 2.35. The molecule has 10 heavy (non-hydrogen) atoms. The van der Waals surface area contributed by atoms with Gasteiger partial charge in [-0.1, -0.05) is 13.8 Å². The van der Waals surface area contributed by atoms with E-state index in [-0.39, 0.29) is 12.1 Å². The second-order valence-electron chi connectivity index (χ2n) is 3.61. The summed E-state index contributed by atoms with van der Waals surface area (Å²) >= 11 is 0. The van der Waals surface area contributed by atoms with E-state index in [4.69, 9.17) is 0 Å². The molecule has 1 fully saturated rings. The van der Waals surface area contributed by atoms with Crippen LogP contribution in [0.1, 0.15) is 27.2 Å². The summed E-state index contributed by atoms with van der Waals surface area (Å²) in [4.78, 5) is 0. The first-order chi connectivity index (χ1) is 4.61. The summed E-state index contributed by atoms with van der Waals surface area (Å²) in [6, 6.07) is 0.803. The monoisotopic (exact) mass is 143 g/mol. The molecule has 0 spiro atoms. The summed E-state index contributed by atoms with van der Waals surface area (Å²) in [5, 5.41) is 12.7. The molecule has 0 radical (unpaired) electrons. The Morgan fingerprint density at radius 1 is 1.50 bits per heavy atom. The zero-order chi connectivity index (χ0) is 7.72. The molecule has 1 aliphatic heterocycles. The summed E-state index contributed by atoms with van der Waals surface area (Å²) < 4.78 is 0. The lowest BCUT2D eigenvalue weighted by Gasteiger charge is -2.14. The molecule has 0 aromatic carbocycles. The molecule has 1 heterocycles. The Bertz CT molecular complexity index is 104. The van der Waals surface area contributed by atoms with E-state index in [0.29, 0.717) is 12.0 Å². The van der Waals surface area contributed by atoms with Crippen molar-refractivity contribution in [3.05, 3.63) is 0 Å². The van der Waals surface area contributed by atoms with Crippen molar-refractivity contribution in [2.75, 3.05) is 0 Å². The number of aliphatic hydroxyl groups excluding tert-OH is 1. The molecule has 0 saturated carbocycles. The van der Waals surface area contributed by atoms with Gasteiger partial charge in [0.2, 0.25) is 0 Å². The smallest absolute Gasteiger partial charge is 0.0705 e. The average Bonchev–Trinajstić information content (AvgIpc) is 2.13. The third-order valence-electron chi connectivity index (χ3n) is 2.35.